The number of amides is 1. The largest absolute Gasteiger partial charge is 0.356 e. The molecule has 0 atom stereocenters. The van der Waals surface area contributed by atoms with Gasteiger partial charge in [0.2, 0.25) is 15.9 Å². The fourth-order valence-electron chi connectivity index (χ4n) is 4.04. The topological polar surface area (TPSA) is 66.5 Å². The summed E-state index contributed by atoms with van der Waals surface area (Å²) < 4.78 is 26.7. The van der Waals surface area contributed by atoms with Gasteiger partial charge in [-0.2, -0.15) is 4.31 Å². The first-order valence-corrected chi connectivity index (χ1v) is 11.5. The molecule has 2 aliphatic rings. The highest BCUT2D eigenvalue weighted by Gasteiger charge is 2.26. The lowest BCUT2D eigenvalue weighted by Gasteiger charge is -2.28. The van der Waals surface area contributed by atoms with Gasteiger partial charge in [0, 0.05) is 26.1 Å². The molecule has 1 saturated carbocycles. The number of sulfonamides is 1. The highest BCUT2D eigenvalue weighted by Crippen LogP contribution is 2.26. The summed E-state index contributed by atoms with van der Waals surface area (Å²) in [5.41, 5.74) is 2.34. The molecular weight excluding hydrogens is 348 g/mol. The summed E-state index contributed by atoms with van der Waals surface area (Å²) in [4.78, 5) is 12.0. The lowest BCUT2D eigenvalue weighted by atomic mass is 9.87. The van der Waals surface area contributed by atoms with Crippen molar-refractivity contribution in [3.63, 3.8) is 0 Å². The zero-order chi connectivity index (χ0) is 18.4. The Kier molecular flexibility index (Phi) is 6.70. The number of carbonyl (C=O) groups excluding carboxylic acids is 1. The molecule has 0 bridgehead atoms. The van der Waals surface area contributed by atoms with Crippen LogP contribution in [0.4, 0.5) is 0 Å². The summed E-state index contributed by atoms with van der Waals surface area (Å²) in [7, 11) is -3.27. The first-order chi connectivity index (χ1) is 12.5. The zero-order valence-electron chi connectivity index (χ0n) is 15.5. The third-order valence-corrected chi connectivity index (χ3v) is 7.49. The van der Waals surface area contributed by atoms with Crippen LogP contribution in [0.3, 0.4) is 0 Å². The predicted molar refractivity (Wildman–Crippen MR) is 103 cm³/mol. The second kappa shape index (κ2) is 9.00. The Hall–Kier alpha value is -1.40. The molecule has 5 nitrogen and oxygen atoms in total. The van der Waals surface area contributed by atoms with Crippen molar-refractivity contribution in [2.45, 2.75) is 57.9 Å². The monoisotopic (exact) mass is 378 g/mol. The average Bonchev–Trinajstić information content (AvgIpc) is 2.66. The van der Waals surface area contributed by atoms with Gasteiger partial charge in [-0.25, -0.2) is 8.42 Å². The van der Waals surface area contributed by atoms with Crippen molar-refractivity contribution in [3.05, 3.63) is 35.4 Å². The predicted octanol–water partition coefficient (Wildman–Crippen LogP) is 2.85. The maximum absolute atomic E-state index is 12.6. The van der Waals surface area contributed by atoms with Gasteiger partial charge in [-0.05, 0) is 42.7 Å². The highest BCUT2D eigenvalue weighted by molar-refractivity contribution is 7.89. The van der Waals surface area contributed by atoms with Gasteiger partial charge in [-0.1, -0.05) is 43.5 Å². The Morgan fingerprint density at radius 1 is 1.12 bits per heavy atom. The van der Waals surface area contributed by atoms with Gasteiger partial charge in [0.05, 0.1) is 5.75 Å². The summed E-state index contributed by atoms with van der Waals surface area (Å²) in [5, 5.41) is 2.90. The summed E-state index contributed by atoms with van der Waals surface area (Å²) in [5.74, 6) is 0.681. The summed E-state index contributed by atoms with van der Waals surface area (Å²) in [6.45, 7) is 1.45. The molecule has 1 amide bonds. The van der Waals surface area contributed by atoms with Crippen LogP contribution in [0.5, 0.6) is 0 Å². The van der Waals surface area contributed by atoms with E-state index in [1.807, 2.05) is 18.2 Å². The Balaban J connectivity index is 1.39. The van der Waals surface area contributed by atoms with E-state index < -0.39 is 10.0 Å². The molecule has 0 spiro atoms. The molecule has 3 rings (SSSR count). The molecule has 1 heterocycles. The van der Waals surface area contributed by atoms with Gasteiger partial charge in [-0.3, -0.25) is 4.79 Å². The lowest BCUT2D eigenvalue weighted by molar-refractivity contribution is -0.122. The van der Waals surface area contributed by atoms with Crippen LogP contribution >= 0.6 is 0 Å². The van der Waals surface area contributed by atoms with E-state index in [2.05, 4.69) is 11.4 Å². The minimum absolute atomic E-state index is 0.0706. The van der Waals surface area contributed by atoms with E-state index in [-0.39, 0.29) is 11.7 Å². The summed E-state index contributed by atoms with van der Waals surface area (Å²) in [6.07, 6.45) is 7.89. The molecule has 0 aromatic heterocycles. The zero-order valence-corrected chi connectivity index (χ0v) is 16.3. The van der Waals surface area contributed by atoms with E-state index in [9.17, 15) is 13.2 Å². The number of hydrogen-bond donors (Lipinski definition) is 1. The molecule has 6 heteroatoms. The van der Waals surface area contributed by atoms with Crippen molar-refractivity contribution in [2.24, 2.45) is 5.92 Å². The van der Waals surface area contributed by atoms with E-state index in [1.165, 1.54) is 24.8 Å². The van der Waals surface area contributed by atoms with Crippen LogP contribution < -0.4 is 5.32 Å². The van der Waals surface area contributed by atoms with Gasteiger partial charge >= 0.3 is 0 Å². The Morgan fingerprint density at radius 3 is 2.62 bits per heavy atom. The molecule has 1 aliphatic carbocycles. The quantitative estimate of drug-likeness (QED) is 0.742. The fourth-order valence-corrected chi connectivity index (χ4v) is 5.52. The standard InChI is InChI=1S/C20H30N2O3S/c23-20(15-17-7-2-1-3-8-17)21-12-6-14-26(24,25)22-13-11-18-9-4-5-10-19(18)16-22/h4-5,9-10,17H,1-3,6-8,11-16H2,(H,21,23). The van der Waals surface area contributed by atoms with Gasteiger partial charge in [-0.15, -0.1) is 0 Å². The normalized spacial score (nSPS) is 19.1. The van der Waals surface area contributed by atoms with Crippen LogP contribution in [0.1, 0.15) is 56.1 Å². The Labute approximate surface area is 157 Å². The van der Waals surface area contributed by atoms with Crippen LogP contribution in [-0.2, 0) is 27.8 Å². The second-order valence-electron chi connectivity index (χ2n) is 7.58. The number of carbonyl (C=O) groups is 1. The van der Waals surface area contributed by atoms with E-state index in [1.54, 1.807) is 4.31 Å². The van der Waals surface area contributed by atoms with E-state index in [0.717, 1.165) is 24.8 Å². The lowest BCUT2D eigenvalue weighted by Crippen LogP contribution is -2.38. The first-order valence-electron chi connectivity index (χ1n) is 9.86. The number of hydrogen-bond acceptors (Lipinski definition) is 3. The van der Waals surface area contributed by atoms with Crippen molar-refractivity contribution in [1.29, 1.82) is 0 Å². The number of nitrogens with zero attached hydrogens (tertiary/aromatic N) is 1. The molecule has 1 aromatic rings. The van der Waals surface area contributed by atoms with Gasteiger partial charge in [0.15, 0.2) is 0 Å². The maximum Gasteiger partial charge on any atom is 0.220 e. The minimum Gasteiger partial charge on any atom is -0.356 e. The molecule has 1 fully saturated rings. The Bertz CT molecular complexity index is 712. The van der Waals surface area contributed by atoms with Crippen molar-refractivity contribution in [3.8, 4) is 0 Å². The number of benzene rings is 1. The number of fused-ring (bicyclic) bond motifs is 1. The third-order valence-electron chi connectivity index (χ3n) is 5.59. The van der Waals surface area contributed by atoms with Crippen LogP contribution in [0.2, 0.25) is 0 Å². The third kappa shape index (κ3) is 5.30. The molecule has 0 saturated heterocycles. The van der Waals surface area contributed by atoms with Crippen molar-refractivity contribution >= 4 is 15.9 Å². The van der Waals surface area contributed by atoms with Gasteiger partial charge in [0.25, 0.3) is 0 Å². The first kappa shape index (κ1) is 19.4. The molecule has 1 aromatic carbocycles. The van der Waals surface area contributed by atoms with E-state index in [0.29, 0.717) is 38.4 Å². The smallest absolute Gasteiger partial charge is 0.220 e. The molecule has 1 aliphatic heterocycles. The van der Waals surface area contributed by atoms with E-state index in [4.69, 9.17) is 0 Å². The van der Waals surface area contributed by atoms with Crippen molar-refractivity contribution < 1.29 is 13.2 Å². The van der Waals surface area contributed by atoms with Crippen molar-refractivity contribution in [1.82, 2.24) is 9.62 Å². The molecule has 1 N–H and O–H groups in total. The van der Waals surface area contributed by atoms with Crippen molar-refractivity contribution in [2.75, 3.05) is 18.8 Å². The summed E-state index contributed by atoms with van der Waals surface area (Å²) in [6, 6.07) is 8.03. The van der Waals surface area contributed by atoms with Gasteiger partial charge in [0.1, 0.15) is 0 Å². The van der Waals surface area contributed by atoms with Crippen LogP contribution in [0.25, 0.3) is 0 Å². The van der Waals surface area contributed by atoms with Crippen LogP contribution in [0, 0.1) is 5.92 Å². The van der Waals surface area contributed by atoms with E-state index >= 15 is 0 Å². The Morgan fingerprint density at radius 2 is 1.85 bits per heavy atom. The molecule has 0 radical (unpaired) electrons. The van der Waals surface area contributed by atoms with Gasteiger partial charge < -0.3 is 5.32 Å². The second-order valence-corrected chi connectivity index (χ2v) is 9.67. The average molecular weight is 379 g/mol. The maximum atomic E-state index is 12.6. The minimum atomic E-state index is -3.27. The van der Waals surface area contributed by atoms with Crippen LogP contribution in [-0.4, -0.2) is 37.5 Å². The highest BCUT2D eigenvalue weighted by atomic mass is 32.2. The number of rotatable bonds is 7. The fraction of sp³-hybridized carbons (Fsp3) is 0.650. The summed E-state index contributed by atoms with van der Waals surface area (Å²) >= 11 is 0. The van der Waals surface area contributed by atoms with Crippen LogP contribution in [0.15, 0.2) is 24.3 Å². The molecular formula is C20H30N2O3S. The molecule has 26 heavy (non-hydrogen) atoms. The number of nitrogens with one attached hydrogen (secondary N) is 1. The molecule has 0 unspecified atom stereocenters. The SMILES string of the molecule is O=C(CC1CCCCC1)NCCCS(=O)(=O)N1CCc2ccccc2C1. The molecule has 144 valence electrons.